The summed E-state index contributed by atoms with van der Waals surface area (Å²) in [5, 5.41) is 0. The second-order valence-corrected chi connectivity index (χ2v) is 5.89. The van der Waals surface area contributed by atoms with Crippen LogP contribution in [0, 0.1) is 0 Å². The molecule has 0 saturated heterocycles. The number of nitrogens with two attached hydrogens (primary N) is 1. The zero-order valence-electron chi connectivity index (χ0n) is 15.6. The van der Waals surface area contributed by atoms with Crippen molar-refractivity contribution in [3.05, 3.63) is 0 Å². The van der Waals surface area contributed by atoms with Gasteiger partial charge in [0.05, 0.1) is 27.1 Å². The van der Waals surface area contributed by atoms with E-state index >= 15 is 0 Å². The molecular weight excluding hydrogens is 312 g/mol. The van der Waals surface area contributed by atoms with E-state index in [9.17, 15) is 9.59 Å². The van der Waals surface area contributed by atoms with E-state index in [4.69, 9.17) is 5.73 Å². The molecule has 0 unspecified atom stereocenters. The molecule has 0 fully saturated rings. The third-order valence-corrected chi connectivity index (χ3v) is 3.89. The largest absolute Gasteiger partial charge is 0.469 e. The number of nitrogens with zero attached hydrogens (tertiary/aromatic N) is 3. The van der Waals surface area contributed by atoms with Crippen molar-refractivity contribution < 1.29 is 19.1 Å². The van der Waals surface area contributed by atoms with Crippen molar-refractivity contribution in [2.75, 3.05) is 80.7 Å². The van der Waals surface area contributed by atoms with Crippen LogP contribution in [-0.4, -0.2) is 107 Å². The molecule has 0 radical (unpaired) electrons. The summed E-state index contributed by atoms with van der Waals surface area (Å²) in [6.07, 6.45) is 0.640. The van der Waals surface area contributed by atoms with Crippen LogP contribution in [0.1, 0.15) is 12.8 Å². The van der Waals surface area contributed by atoms with Gasteiger partial charge in [0, 0.05) is 52.4 Å². The van der Waals surface area contributed by atoms with Gasteiger partial charge in [-0.2, -0.15) is 0 Å². The first-order valence-electron chi connectivity index (χ1n) is 8.36. The van der Waals surface area contributed by atoms with E-state index in [1.165, 1.54) is 14.2 Å². The van der Waals surface area contributed by atoms with Crippen molar-refractivity contribution in [2.45, 2.75) is 12.8 Å². The van der Waals surface area contributed by atoms with Gasteiger partial charge in [0.25, 0.3) is 0 Å². The molecule has 0 aromatic rings. The SMILES string of the molecule is COC(=O)CCN(CCC(=O)OC)CCN(C)CCN(C)CCN. The minimum absolute atomic E-state index is 0.241. The number of carbonyl (C=O) groups excluding carboxylic acids is 2. The number of rotatable bonds is 14. The van der Waals surface area contributed by atoms with Crippen LogP contribution in [0.25, 0.3) is 0 Å². The molecule has 24 heavy (non-hydrogen) atoms. The average molecular weight is 346 g/mol. The highest BCUT2D eigenvalue weighted by molar-refractivity contribution is 5.70. The maximum Gasteiger partial charge on any atom is 0.306 e. The molecule has 0 amide bonds. The Hall–Kier alpha value is -1.22. The molecule has 0 aromatic carbocycles. The summed E-state index contributed by atoms with van der Waals surface area (Å²) >= 11 is 0. The van der Waals surface area contributed by atoms with Crippen LogP contribution in [0.4, 0.5) is 0 Å². The number of carbonyl (C=O) groups is 2. The maximum absolute atomic E-state index is 11.3. The van der Waals surface area contributed by atoms with Crippen LogP contribution >= 0.6 is 0 Å². The highest BCUT2D eigenvalue weighted by Gasteiger charge is 2.12. The van der Waals surface area contributed by atoms with Crippen LogP contribution in [-0.2, 0) is 19.1 Å². The molecule has 8 heteroatoms. The molecule has 0 spiro atoms. The molecule has 0 atom stereocenters. The lowest BCUT2D eigenvalue weighted by atomic mass is 10.3. The first-order chi connectivity index (χ1) is 11.4. The van der Waals surface area contributed by atoms with Crippen molar-refractivity contribution in [1.29, 1.82) is 0 Å². The van der Waals surface area contributed by atoms with Gasteiger partial charge >= 0.3 is 11.9 Å². The highest BCUT2D eigenvalue weighted by atomic mass is 16.5. The Balaban J connectivity index is 4.20. The first kappa shape index (κ1) is 22.8. The lowest BCUT2D eigenvalue weighted by Gasteiger charge is -2.26. The summed E-state index contributed by atoms with van der Waals surface area (Å²) in [4.78, 5) is 29.2. The monoisotopic (exact) mass is 346 g/mol. The van der Waals surface area contributed by atoms with Gasteiger partial charge in [0.15, 0.2) is 0 Å². The van der Waals surface area contributed by atoms with Crippen LogP contribution in [0.3, 0.4) is 0 Å². The van der Waals surface area contributed by atoms with Crippen molar-refractivity contribution in [3.8, 4) is 0 Å². The van der Waals surface area contributed by atoms with Crippen LogP contribution in [0.5, 0.6) is 0 Å². The summed E-state index contributed by atoms with van der Waals surface area (Å²) in [6, 6.07) is 0. The second kappa shape index (κ2) is 14.2. The van der Waals surface area contributed by atoms with E-state index in [0.717, 1.165) is 32.7 Å². The fourth-order valence-corrected chi connectivity index (χ4v) is 2.14. The third kappa shape index (κ3) is 12.2. The summed E-state index contributed by atoms with van der Waals surface area (Å²) in [7, 11) is 6.88. The lowest BCUT2D eigenvalue weighted by molar-refractivity contribution is -0.141. The van der Waals surface area contributed by atoms with E-state index in [0.29, 0.717) is 32.5 Å². The fourth-order valence-electron chi connectivity index (χ4n) is 2.14. The predicted octanol–water partition coefficient (Wildman–Crippen LogP) is -0.763. The van der Waals surface area contributed by atoms with Gasteiger partial charge in [-0.25, -0.2) is 0 Å². The number of likely N-dealkylation sites (N-methyl/N-ethyl adjacent to an activating group) is 2. The molecule has 8 nitrogen and oxygen atoms in total. The molecule has 0 saturated carbocycles. The Bertz CT molecular complexity index is 335. The fraction of sp³-hybridized carbons (Fsp3) is 0.875. The zero-order valence-corrected chi connectivity index (χ0v) is 15.6. The number of ether oxygens (including phenoxy) is 2. The van der Waals surface area contributed by atoms with E-state index < -0.39 is 0 Å². The molecule has 0 aliphatic rings. The van der Waals surface area contributed by atoms with Crippen molar-refractivity contribution in [3.63, 3.8) is 0 Å². The van der Waals surface area contributed by atoms with Crippen molar-refractivity contribution >= 4 is 11.9 Å². The average Bonchev–Trinajstić information content (AvgIpc) is 2.58. The third-order valence-electron chi connectivity index (χ3n) is 3.89. The number of methoxy groups -OCH3 is 2. The molecule has 0 bridgehead atoms. The van der Waals surface area contributed by atoms with E-state index in [1.807, 2.05) is 0 Å². The molecule has 2 N–H and O–H groups in total. The Kier molecular flexibility index (Phi) is 13.4. The standard InChI is InChI=1S/C16H34N4O4/c1-18(10-7-17)11-12-19(2)13-14-20(8-5-15(21)23-3)9-6-16(22)24-4/h5-14,17H2,1-4H3. The minimum atomic E-state index is -0.241. The quantitative estimate of drug-likeness (QED) is 0.411. The van der Waals surface area contributed by atoms with Crippen molar-refractivity contribution in [1.82, 2.24) is 14.7 Å². The predicted molar refractivity (Wildman–Crippen MR) is 93.8 cm³/mol. The van der Waals surface area contributed by atoms with Crippen LogP contribution in [0.2, 0.25) is 0 Å². The highest BCUT2D eigenvalue weighted by Crippen LogP contribution is 1.98. The Labute approximate surface area is 145 Å². The number of hydrogen-bond donors (Lipinski definition) is 1. The van der Waals surface area contributed by atoms with Crippen molar-refractivity contribution in [2.24, 2.45) is 5.73 Å². The summed E-state index contributed by atoms with van der Waals surface area (Å²) < 4.78 is 9.35. The minimum Gasteiger partial charge on any atom is -0.469 e. The van der Waals surface area contributed by atoms with Gasteiger partial charge in [-0.1, -0.05) is 0 Å². The van der Waals surface area contributed by atoms with Gasteiger partial charge in [0.1, 0.15) is 0 Å². The molecular formula is C16H34N4O4. The Morgan fingerprint density at radius 3 is 1.58 bits per heavy atom. The van der Waals surface area contributed by atoms with Crippen LogP contribution in [0.15, 0.2) is 0 Å². The number of esters is 2. The smallest absolute Gasteiger partial charge is 0.306 e. The molecule has 142 valence electrons. The molecule has 0 heterocycles. The molecule has 0 aromatic heterocycles. The Morgan fingerprint density at radius 2 is 1.17 bits per heavy atom. The summed E-state index contributed by atoms with van der Waals surface area (Å²) in [6.45, 7) is 6.24. The van der Waals surface area contributed by atoms with Gasteiger partial charge in [0.2, 0.25) is 0 Å². The summed E-state index contributed by atoms with van der Waals surface area (Å²) in [5.74, 6) is -0.482. The zero-order chi connectivity index (χ0) is 18.4. The maximum atomic E-state index is 11.3. The van der Waals surface area contributed by atoms with E-state index in [-0.39, 0.29) is 11.9 Å². The first-order valence-corrected chi connectivity index (χ1v) is 8.36. The van der Waals surface area contributed by atoms with Gasteiger partial charge in [-0.3, -0.25) is 9.59 Å². The molecule has 0 aliphatic carbocycles. The van der Waals surface area contributed by atoms with Gasteiger partial charge in [-0.05, 0) is 14.1 Å². The Morgan fingerprint density at radius 1 is 0.750 bits per heavy atom. The van der Waals surface area contributed by atoms with Crippen LogP contribution < -0.4 is 5.73 Å². The van der Waals surface area contributed by atoms with Gasteiger partial charge < -0.3 is 29.9 Å². The molecule has 0 aliphatic heterocycles. The van der Waals surface area contributed by atoms with Gasteiger partial charge in [-0.15, -0.1) is 0 Å². The summed E-state index contributed by atoms with van der Waals surface area (Å²) in [5.41, 5.74) is 5.54. The van der Waals surface area contributed by atoms with E-state index in [2.05, 4.69) is 38.3 Å². The topological polar surface area (TPSA) is 88.3 Å². The lowest BCUT2D eigenvalue weighted by Crippen LogP contribution is -2.39. The number of hydrogen-bond acceptors (Lipinski definition) is 8. The van der Waals surface area contributed by atoms with E-state index in [1.54, 1.807) is 0 Å². The molecule has 0 rings (SSSR count). The second-order valence-electron chi connectivity index (χ2n) is 5.89. The normalized spacial score (nSPS) is 11.3.